The molecule has 0 bridgehead atoms. The van der Waals surface area contributed by atoms with Gasteiger partial charge >= 0.3 is 12.1 Å². The van der Waals surface area contributed by atoms with E-state index in [1.54, 1.807) is 6.92 Å². The van der Waals surface area contributed by atoms with Crippen LogP contribution in [0.25, 0.3) is 0 Å². The van der Waals surface area contributed by atoms with Crippen molar-refractivity contribution < 1.29 is 27.9 Å². The number of hydrogen-bond donors (Lipinski definition) is 3. The SMILES string of the molecule is CCC(NC(=O)CNCC(F)(F)F)C(=O)O. The van der Waals surface area contributed by atoms with Crippen LogP contribution in [0.1, 0.15) is 13.3 Å². The molecule has 94 valence electrons. The highest BCUT2D eigenvalue weighted by atomic mass is 19.4. The molecule has 1 amide bonds. The lowest BCUT2D eigenvalue weighted by Gasteiger charge is -2.13. The van der Waals surface area contributed by atoms with E-state index in [9.17, 15) is 22.8 Å². The van der Waals surface area contributed by atoms with Gasteiger partial charge in [0, 0.05) is 0 Å². The standard InChI is InChI=1S/C8H13F3N2O3/c1-2-5(7(15)16)13-6(14)3-12-4-8(9,10)11/h5,12H,2-4H2,1H3,(H,13,14)(H,15,16). The van der Waals surface area contributed by atoms with E-state index in [0.29, 0.717) is 0 Å². The van der Waals surface area contributed by atoms with Crippen molar-refractivity contribution in [2.24, 2.45) is 0 Å². The molecule has 0 aliphatic rings. The first-order valence-corrected chi connectivity index (χ1v) is 4.56. The lowest BCUT2D eigenvalue weighted by Crippen LogP contribution is -2.45. The van der Waals surface area contributed by atoms with Crippen LogP contribution in [0, 0.1) is 0 Å². The van der Waals surface area contributed by atoms with Crippen molar-refractivity contribution in [3.63, 3.8) is 0 Å². The molecule has 0 rings (SSSR count). The lowest BCUT2D eigenvalue weighted by atomic mass is 10.2. The summed E-state index contributed by atoms with van der Waals surface area (Å²) in [6.07, 6.45) is -4.22. The fourth-order valence-corrected chi connectivity index (χ4v) is 0.902. The van der Waals surface area contributed by atoms with E-state index in [-0.39, 0.29) is 6.42 Å². The number of carbonyl (C=O) groups excluding carboxylic acids is 1. The molecule has 3 N–H and O–H groups in total. The second-order valence-corrected chi connectivity index (χ2v) is 3.09. The van der Waals surface area contributed by atoms with Gasteiger partial charge in [0.25, 0.3) is 0 Å². The minimum absolute atomic E-state index is 0.167. The second kappa shape index (κ2) is 6.31. The first kappa shape index (κ1) is 14.7. The van der Waals surface area contributed by atoms with Crippen molar-refractivity contribution in [2.75, 3.05) is 13.1 Å². The molecule has 0 saturated carbocycles. The minimum Gasteiger partial charge on any atom is -0.480 e. The molecule has 0 aliphatic carbocycles. The van der Waals surface area contributed by atoms with E-state index in [1.165, 1.54) is 0 Å². The summed E-state index contributed by atoms with van der Waals surface area (Å²) in [6.45, 7) is -0.310. The van der Waals surface area contributed by atoms with Gasteiger partial charge in [-0.25, -0.2) is 4.79 Å². The maximum absolute atomic E-state index is 11.7. The highest BCUT2D eigenvalue weighted by Gasteiger charge is 2.26. The quantitative estimate of drug-likeness (QED) is 0.618. The van der Waals surface area contributed by atoms with Crippen LogP contribution >= 0.6 is 0 Å². The molecule has 8 heteroatoms. The third-order valence-corrected chi connectivity index (χ3v) is 1.65. The second-order valence-electron chi connectivity index (χ2n) is 3.09. The number of carbonyl (C=O) groups is 2. The summed E-state index contributed by atoms with van der Waals surface area (Å²) in [7, 11) is 0. The van der Waals surface area contributed by atoms with Crippen molar-refractivity contribution in [1.82, 2.24) is 10.6 Å². The number of hydrogen-bond acceptors (Lipinski definition) is 3. The summed E-state index contributed by atoms with van der Waals surface area (Å²) in [6, 6.07) is -1.07. The molecule has 1 unspecified atom stereocenters. The molecule has 0 saturated heterocycles. The molecule has 0 heterocycles. The Kier molecular flexibility index (Phi) is 5.79. The lowest BCUT2D eigenvalue weighted by molar-refractivity contribution is -0.142. The Balaban J connectivity index is 3.86. The van der Waals surface area contributed by atoms with Crippen LogP contribution in [0.2, 0.25) is 0 Å². The average molecular weight is 242 g/mol. The Morgan fingerprint density at radius 1 is 1.38 bits per heavy atom. The summed E-state index contributed by atoms with van der Waals surface area (Å²) < 4.78 is 35.0. The van der Waals surface area contributed by atoms with Gasteiger partial charge in [-0.15, -0.1) is 0 Å². The third-order valence-electron chi connectivity index (χ3n) is 1.65. The fraction of sp³-hybridized carbons (Fsp3) is 0.750. The molecule has 16 heavy (non-hydrogen) atoms. The van der Waals surface area contributed by atoms with E-state index < -0.39 is 37.2 Å². The van der Waals surface area contributed by atoms with Gasteiger partial charge in [0.1, 0.15) is 6.04 Å². The van der Waals surface area contributed by atoms with E-state index in [0.717, 1.165) is 0 Å². The molecule has 0 aromatic heterocycles. The normalized spacial score (nSPS) is 13.2. The summed E-state index contributed by atoms with van der Waals surface area (Å²) in [4.78, 5) is 21.5. The van der Waals surface area contributed by atoms with E-state index in [2.05, 4.69) is 5.32 Å². The summed E-state index contributed by atoms with van der Waals surface area (Å²) in [5.74, 6) is -2.00. The molecular formula is C8H13F3N2O3. The number of nitrogens with one attached hydrogen (secondary N) is 2. The maximum atomic E-state index is 11.7. The first-order chi connectivity index (χ1) is 7.26. The third kappa shape index (κ3) is 7.04. The monoisotopic (exact) mass is 242 g/mol. The Morgan fingerprint density at radius 2 is 1.94 bits per heavy atom. The van der Waals surface area contributed by atoms with Crippen LogP contribution in [-0.4, -0.2) is 42.3 Å². The highest BCUT2D eigenvalue weighted by Crippen LogP contribution is 2.11. The predicted octanol–water partition coefficient (Wildman–Crippen LogP) is 0.118. The fourth-order valence-electron chi connectivity index (χ4n) is 0.902. The number of amides is 1. The van der Waals surface area contributed by atoms with Gasteiger partial charge in [0.05, 0.1) is 13.1 Å². The molecule has 1 atom stereocenters. The predicted molar refractivity (Wildman–Crippen MR) is 48.8 cm³/mol. The van der Waals surface area contributed by atoms with Crippen LogP contribution in [0.4, 0.5) is 13.2 Å². The molecule has 0 aromatic carbocycles. The number of halogens is 3. The van der Waals surface area contributed by atoms with Crippen molar-refractivity contribution in [2.45, 2.75) is 25.6 Å². The zero-order valence-electron chi connectivity index (χ0n) is 8.60. The number of rotatable bonds is 6. The zero-order chi connectivity index (χ0) is 12.8. The Hall–Kier alpha value is -1.31. The molecule has 5 nitrogen and oxygen atoms in total. The number of aliphatic carboxylic acids is 1. The molecule has 0 spiro atoms. The zero-order valence-corrected chi connectivity index (χ0v) is 8.60. The Bertz CT molecular complexity index is 255. The number of carboxylic acids is 1. The van der Waals surface area contributed by atoms with Gasteiger partial charge in [0.2, 0.25) is 5.91 Å². The van der Waals surface area contributed by atoms with Crippen molar-refractivity contribution in [1.29, 1.82) is 0 Å². The minimum atomic E-state index is -4.39. The first-order valence-electron chi connectivity index (χ1n) is 4.56. The van der Waals surface area contributed by atoms with Crippen LogP contribution in [0.5, 0.6) is 0 Å². The number of alkyl halides is 3. The van der Waals surface area contributed by atoms with Gasteiger partial charge in [-0.2, -0.15) is 13.2 Å². The van der Waals surface area contributed by atoms with Crippen LogP contribution in [-0.2, 0) is 9.59 Å². The Morgan fingerprint density at radius 3 is 2.31 bits per heavy atom. The summed E-state index contributed by atoms with van der Waals surface area (Å²) >= 11 is 0. The van der Waals surface area contributed by atoms with E-state index in [4.69, 9.17) is 5.11 Å². The van der Waals surface area contributed by atoms with Crippen LogP contribution in [0.15, 0.2) is 0 Å². The number of carboxylic acid groups (broad SMARTS) is 1. The molecule has 0 fully saturated rings. The Labute approximate surface area is 90.0 Å². The van der Waals surface area contributed by atoms with E-state index >= 15 is 0 Å². The maximum Gasteiger partial charge on any atom is 0.401 e. The average Bonchev–Trinajstić information content (AvgIpc) is 2.11. The smallest absolute Gasteiger partial charge is 0.401 e. The largest absolute Gasteiger partial charge is 0.480 e. The molecule has 0 aliphatic heterocycles. The topological polar surface area (TPSA) is 78.4 Å². The van der Waals surface area contributed by atoms with E-state index in [1.807, 2.05) is 5.32 Å². The van der Waals surface area contributed by atoms with Crippen LogP contribution < -0.4 is 10.6 Å². The molecule has 0 radical (unpaired) electrons. The van der Waals surface area contributed by atoms with Gasteiger partial charge in [-0.1, -0.05) is 6.92 Å². The van der Waals surface area contributed by atoms with Gasteiger partial charge in [-0.05, 0) is 6.42 Å². The van der Waals surface area contributed by atoms with Crippen molar-refractivity contribution in [3.05, 3.63) is 0 Å². The van der Waals surface area contributed by atoms with Crippen molar-refractivity contribution >= 4 is 11.9 Å². The highest BCUT2D eigenvalue weighted by molar-refractivity contribution is 5.84. The summed E-state index contributed by atoms with van der Waals surface area (Å²) in [5.41, 5.74) is 0. The molecule has 0 aromatic rings. The van der Waals surface area contributed by atoms with Gasteiger partial charge in [0.15, 0.2) is 0 Å². The van der Waals surface area contributed by atoms with Gasteiger partial charge in [-0.3, -0.25) is 4.79 Å². The molecular weight excluding hydrogens is 229 g/mol. The van der Waals surface area contributed by atoms with Gasteiger partial charge < -0.3 is 15.7 Å². The van der Waals surface area contributed by atoms with Crippen molar-refractivity contribution in [3.8, 4) is 0 Å². The summed E-state index contributed by atoms with van der Waals surface area (Å²) in [5, 5.41) is 12.5. The van der Waals surface area contributed by atoms with Crippen LogP contribution in [0.3, 0.4) is 0 Å².